The minimum atomic E-state index is -0.526. The molecule has 1 saturated heterocycles. The number of rotatable bonds is 10. The van der Waals surface area contributed by atoms with Crippen LogP contribution < -0.4 is 5.76 Å². The van der Waals surface area contributed by atoms with Gasteiger partial charge in [-0.05, 0) is 43.5 Å². The number of hydrogen-bond donors (Lipinski definition) is 1. The van der Waals surface area contributed by atoms with Gasteiger partial charge in [0, 0.05) is 44.7 Å². The standard InChI is InChI=1S/C26H31N3O5/c1-2-33-25(31)22(11-8-19-6-4-3-5-7-19)29-16-14-28(15-17-29)13-12-23(30)20-9-10-21-24(18-20)34-26(32)27-21/h3-7,9-10,18,22H,2,8,11-17H2,1H3,(H,27,32). The van der Waals surface area contributed by atoms with Crippen LogP contribution in [0.15, 0.2) is 57.7 Å². The third kappa shape index (κ3) is 6.01. The number of Topliss-reactive ketones (excluding diaryl/α,β-unsaturated/α-hetero) is 1. The summed E-state index contributed by atoms with van der Waals surface area (Å²) >= 11 is 0. The summed E-state index contributed by atoms with van der Waals surface area (Å²) in [6.07, 6.45) is 1.93. The number of esters is 1. The Kier molecular flexibility index (Phi) is 7.92. The van der Waals surface area contributed by atoms with Gasteiger partial charge >= 0.3 is 11.7 Å². The average Bonchev–Trinajstić information content (AvgIpc) is 3.23. The Morgan fingerprint density at radius 2 is 1.85 bits per heavy atom. The molecule has 0 amide bonds. The summed E-state index contributed by atoms with van der Waals surface area (Å²) in [4.78, 5) is 43.7. The molecule has 8 heteroatoms. The summed E-state index contributed by atoms with van der Waals surface area (Å²) in [5.41, 5.74) is 2.73. The van der Waals surface area contributed by atoms with E-state index >= 15 is 0 Å². The van der Waals surface area contributed by atoms with E-state index in [1.54, 1.807) is 18.2 Å². The predicted molar refractivity (Wildman–Crippen MR) is 129 cm³/mol. The molecule has 1 unspecified atom stereocenters. The Morgan fingerprint density at radius 1 is 1.09 bits per heavy atom. The maximum atomic E-state index is 12.7. The number of ketones is 1. The molecule has 0 bridgehead atoms. The lowest BCUT2D eigenvalue weighted by Gasteiger charge is -2.38. The van der Waals surface area contributed by atoms with E-state index in [2.05, 4.69) is 26.9 Å². The highest BCUT2D eigenvalue weighted by molar-refractivity contribution is 5.98. The van der Waals surface area contributed by atoms with Crippen molar-refractivity contribution >= 4 is 22.9 Å². The number of aromatic nitrogens is 1. The maximum Gasteiger partial charge on any atom is 0.417 e. The van der Waals surface area contributed by atoms with Crippen LogP contribution in [0.25, 0.3) is 11.1 Å². The molecule has 1 fully saturated rings. The lowest BCUT2D eigenvalue weighted by molar-refractivity contribution is -0.150. The second-order valence-electron chi connectivity index (χ2n) is 8.57. The Morgan fingerprint density at radius 3 is 2.59 bits per heavy atom. The molecule has 0 radical (unpaired) electrons. The van der Waals surface area contributed by atoms with E-state index in [9.17, 15) is 14.4 Å². The number of oxazole rings is 1. The summed E-state index contributed by atoms with van der Waals surface area (Å²) in [5.74, 6) is -0.670. The summed E-state index contributed by atoms with van der Waals surface area (Å²) in [5, 5.41) is 0. The van der Waals surface area contributed by atoms with E-state index in [0.717, 1.165) is 39.0 Å². The van der Waals surface area contributed by atoms with E-state index < -0.39 is 5.76 Å². The number of hydrogen-bond acceptors (Lipinski definition) is 7. The fourth-order valence-electron chi connectivity index (χ4n) is 4.46. The van der Waals surface area contributed by atoms with Crippen molar-refractivity contribution in [1.82, 2.24) is 14.8 Å². The summed E-state index contributed by atoms with van der Waals surface area (Å²) in [7, 11) is 0. The van der Waals surface area contributed by atoms with Crippen LogP contribution in [0.4, 0.5) is 0 Å². The van der Waals surface area contributed by atoms with E-state index in [1.807, 2.05) is 25.1 Å². The monoisotopic (exact) mass is 465 g/mol. The molecule has 0 aliphatic carbocycles. The highest BCUT2D eigenvalue weighted by Gasteiger charge is 2.30. The average molecular weight is 466 g/mol. The summed E-state index contributed by atoms with van der Waals surface area (Å²) in [6.45, 7) is 5.96. The number of piperazine rings is 1. The van der Waals surface area contributed by atoms with Gasteiger partial charge in [0.25, 0.3) is 0 Å². The van der Waals surface area contributed by atoms with Crippen molar-refractivity contribution in [2.24, 2.45) is 0 Å². The first kappa shape index (κ1) is 23.9. The smallest absolute Gasteiger partial charge is 0.417 e. The highest BCUT2D eigenvalue weighted by Crippen LogP contribution is 2.17. The number of nitrogens with zero attached hydrogens (tertiary/aromatic N) is 2. The minimum absolute atomic E-state index is 0.0143. The first-order valence-electron chi connectivity index (χ1n) is 11.9. The van der Waals surface area contributed by atoms with Crippen LogP contribution in [0, 0.1) is 0 Å². The number of aromatic amines is 1. The molecule has 2 heterocycles. The molecule has 4 rings (SSSR count). The van der Waals surface area contributed by atoms with Gasteiger partial charge in [0.15, 0.2) is 11.4 Å². The van der Waals surface area contributed by atoms with Crippen molar-refractivity contribution in [3.63, 3.8) is 0 Å². The zero-order valence-corrected chi connectivity index (χ0v) is 19.5. The van der Waals surface area contributed by atoms with Crippen molar-refractivity contribution in [2.45, 2.75) is 32.2 Å². The second-order valence-corrected chi connectivity index (χ2v) is 8.57. The topological polar surface area (TPSA) is 95.9 Å². The zero-order chi connectivity index (χ0) is 23.9. The lowest BCUT2D eigenvalue weighted by atomic mass is 10.0. The molecule has 8 nitrogen and oxygen atoms in total. The molecule has 1 N–H and O–H groups in total. The van der Waals surface area contributed by atoms with Crippen LogP contribution in [0.5, 0.6) is 0 Å². The van der Waals surface area contributed by atoms with Crippen molar-refractivity contribution in [3.05, 3.63) is 70.2 Å². The van der Waals surface area contributed by atoms with Gasteiger partial charge in [0.05, 0.1) is 12.1 Å². The minimum Gasteiger partial charge on any atom is -0.465 e. The lowest BCUT2D eigenvalue weighted by Crippen LogP contribution is -2.53. The molecular formula is C26H31N3O5. The highest BCUT2D eigenvalue weighted by atomic mass is 16.5. The SMILES string of the molecule is CCOC(=O)C(CCc1ccccc1)N1CCN(CCC(=O)c2ccc3[nH]c(=O)oc3c2)CC1. The van der Waals surface area contributed by atoms with Gasteiger partial charge in [-0.3, -0.25) is 19.5 Å². The van der Waals surface area contributed by atoms with Crippen molar-refractivity contribution < 1.29 is 18.7 Å². The van der Waals surface area contributed by atoms with Gasteiger partial charge < -0.3 is 14.1 Å². The van der Waals surface area contributed by atoms with Crippen LogP contribution in [0.3, 0.4) is 0 Å². The van der Waals surface area contributed by atoms with E-state index in [1.165, 1.54) is 5.56 Å². The van der Waals surface area contributed by atoms with E-state index in [0.29, 0.717) is 36.2 Å². The third-order valence-electron chi connectivity index (χ3n) is 6.35. The van der Waals surface area contributed by atoms with E-state index in [4.69, 9.17) is 9.15 Å². The van der Waals surface area contributed by atoms with Crippen LogP contribution >= 0.6 is 0 Å². The van der Waals surface area contributed by atoms with Gasteiger partial charge in [-0.15, -0.1) is 0 Å². The quantitative estimate of drug-likeness (QED) is 0.363. The first-order valence-corrected chi connectivity index (χ1v) is 11.9. The van der Waals surface area contributed by atoms with Crippen molar-refractivity contribution in [1.29, 1.82) is 0 Å². The Hall–Kier alpha value is -3.23. The molecule has 3 aromatic rings. The number of aryl methyl sites for hydroxylation is 1. The van der Waals surface area contributed by atoms with Gasteiger partial charge in [0.1, 0.15) is 6.04 Å². The number of fused-ring (bicyclic) bond motifs is 1. The fourth-order valence-corrected chi connectivity index (χ4v) is 4.46. The molecule has 2 aromatic carbocycles. The van der Waals surface area contributed by atoms with E-state index in [-0.39, 0.29) is 17.8 Å². The van der Waals surface area contributed by atoms with Crippen LogP contribution in [-0.2, 0) is 16.0 Å². The van der Waals surface area contributed by atoms with Crippen molar-refractivity contribution in [2.75, 3.05) is 39.3 Å². The number of H-pyrrole nitrogens is 1. The number of carbonyl (C=O) groups is 2. The summed E-state index contributed by atoms with van der Waals surface area (Å²) in [6, 6.07) is 14.9. The number of nitrogens with one attached hydrogen (secondary N) is 1. The molecule has 1 aromatic heterocycles. The number of ether oxygens (including phenoxy) is 1. The van der Waals surface area contributed by atoms with Crippen molar-refractivity contribution in [3.8, 4) is 0 Å². The zero-order valence-electron chi connectivity index (χ0n) is 19.5. The third-order valence-corrected chi connectivity index (χ3v) is 6.35. The number of carbonyl (C=O) groups excluding carboxylic acids is 2. The molecular weight excluding hydrogens is 434 g/mol. The van der Waals surface area contributed by atoms with Crippen LogP contribution in [0.1, 0.15) is 35.7 Å². The molecule has 180 valence electrons. The fraction of sp³-hybridized carbons (Fsp3) is 0.423. The Balaban J connectivity index is 1.28. The van der Waals surface area contributed by atoms with Gasteiger partial charge in [-0.1, -0.05) is 30.3 Å². The Bertz CT molecular complexity index is 1160. The van der Waals surface area contributed by atoms with Crippen LogP contribution in [-0.4, -0.2) is 71.9 Å². The normalized spacial score (nSPS) is 15.9. The largest absolute Gasteiger partial charge is 0.465 e. The van der Waals surface area contributed by atoms with Gasteiger partial charge in [0.2, 0.25) is 0 Å². The molecule has 1 aliphatic rings. The van der Waals surface area contributed by atoms with Crippen LogP contribution in [0.2, 0.25) is 0 Å². The Labute approximate surface area is 198 Å². The maximum absolute atomic E-state index is 12.7. The molecule has 0 saturated carbocycles. The molecule has 34 heavy (non-hydrogen) atoms. The number of benzene rings is 2. The molecule has 0 spiro atoms. The summed E-state index contributed by atoms with van der Waals surface area (Å²) < 4.78 is 10.4. The van der Waals surface area contributed by atoms with Gasteiger partial charge in [-0.25, -0.2) is 4.79 Å². The molecule has 1 atom stereocenters. The first-order chi connectivity index (χ1) is 16.5. The molecule has 1 aliphatic heterocycles. The second kappa shape index (κ2) is 11.3. The van der Waals surface area contributed by atoms with Gasteiger partial charge in [-0.2, -0.15) is 0 Å². The predicted octanol–water partition coefficient (Wildman–Crippen LogP) is 2.88.